The fraction of sp³-hybridized carbons (Fsp3) is 0.267. The van der Waals surface area contributed by atoms with E-state index >= 15 is 0 Å². The van der Waals surface area contributed by atoms with E-state index in [2.05, 4.69) is 11.6 Å². The summed E-state index contributed by atoms with van der Waals surface area (Å²) >= 11 is 7.21. The molecule has 0 aliphatic carbocycles. The molecule has 0 spiro atoms. The molecule has 1 aliphatic rings. The minimum absolute atomic E-state index is 0.193. The van der Waals surface area contributed by atoms with Crippen molar-refractivity contribution < 1.29 is 9.53 Å². The summed E-state index contributed by atoms with van der Waals surface area (Å²) < 4.78 is 6.46. The van der Waals surface area contributed by atoms with Crippen LogP contribution in [0.25, 0.3) is 10.9 Å². The second-order valence-electron chi connectivity index (χ2n) is 4.82. The van der Waals surface area contributed by atoms with E-state index in [1.165, 1.54) is 16.3 Å². The maximum atomic E-state index is 12.6. The van der Waals surface area contributed by atoms with Gasteiger partial charge in [0.15, 0.2) is 5.16 Å². The predicted octanol–water partition coefficient (Wildman–Crippen LogP) is 2.64. The van der Waals surface area contributed by atoms with Gasteiger partial charge in [0.25, 0.3) is 5.56 Å². The fourth-order valence-corrected chi connectivity index (χ4v) is 3.51. The molecule has 114 valence electrons. The molecule has 0 amide bonds. The van der Waals surface area contributed by atoms with Gasteiger partial charge in [-0.15, -0.1) is 6.58 Å². The lowest BCUT2D eigenvalue weighted by atomic mass is 10.2. The number of aromatic nitrogens is 2. The van der Waals surface area contributed by atoms with Crippen molar-refractivity contribution in [3.8, 4) is 0 Å². The van der Waals surface area contributed by atoms with E-state index in [1.54, 1.807) is 24.3 Å². The average molecular weight is 337 g/mol. The zero-order valence-electron chi connectivity index (χ0n) is 11.6. The molecule has 2 heterocycles. The van der Waals surface area contributed by atoms with Crippen LogP contribution in [0, 0.1) is 0 Å². The van der Waals surface area contributed by atoms with Crippen LogP contribution < -0.4 is 5.56 Å². The minimum atomic E-state index is -0.326. The highest BCUT2D eigenvalue weighted by Gasteiger charge is 2.29. The van der Waals surface area contributed by atoms with E-state index in [4.69, 9.17) is 16.3 Å². The summed E-state index contributed by atoms with van der Waals surface area (Å²) in [6, 6.07) is 4.99. The minimum Gasteiger partial charge on any atom is -0.465 e. The van der Waals surface area contributed by atoms with Crippen LogP contribution in [0.4, 0.5) is 0 Å². The van der Waals surface area contributed by atoms with Crippen molar-refractivity contribution in [2.24, 2.45) is 0 Å². The Hall–Kier alpha value is -1.79. The summed E-state index contributed by atoms with van der Waals surface area (Å²) in [6.45, 7) is 4.39. The summed E-state index contributed by atoms with van der Waals surface area (Å²) in [5.74, 6) is -0.263. The molecule has 0 unspecified atom stereocenters. The van der Waals surface area contributed by atoms with Crippen molar-refractivity contribution in [2.75, 3.05) is 6.61 Å². The Kier molecular flexibility index (Phi) is 4.22. The van der Waals surface area contributed by atoms with Gasteiger partial charge in [0.2, 0.25) is 0 Å². The van der Waals surface area contributed by atoms with E-state index in [-0.39, 0.29) is 16.8 Å². The Morgan fingerprint density at radius 1 is 1.50 bits per heavy atom. The zero-order valence-corrected chi connectivity index (χ0v) is 13.2. The van der Waals surface area contributed by atoms with Crippen molar-refractivity contribution in [3.63, 3.8) is 0 Å². The monoisotopic (exact) mass is 336 g/mol. The normalized spacial score (nSPS) is 17.7. The van der Waals surface area contributed by atoms with Gasteiger partial charge < -0.3 is 4.74 Å². The molecule has 1 atom stereocenters. The molecule has 1 fully saturated rings. The highest BCUT2D eigenvalue weighted by Crippen LogP contribution is 2.29. The Morgan fingerprint density at radius 3 is 3.00 bits per heavy atom. The van der Waals surface area contributed by atoms with Crippen LogP contribution in [0.5, 0.6) is 0 Å². The van der Waals surface area contributed by atoms with Crippen LogP contribution in [-0.4, -0.2) is 27.4 Å². The smallest absolute Gasteiger partial charge is 0.319 e. The lowest BCUT2D eigenvalue weighted by molar-refractivity contribution is -0.137. The summed E-state index contributed by atoms with van der Waals surface area (Å²) in [7, 11) is 0. The molecule has 5 nitrogen and oxygen atoms in total. The number of rotatable bonds is 4. The number of carbonyl (C=O) groups excluding carboxylic acids is 1. The van der Waals surface area contributed by atoms with Crippen LogP contribution in [0.1, 0.15) is 6.42 Å². The summed E-state index contributed by atoms with van der Waals surface area (Å²) in [6.07, 6.45) is 2.24. The van der Waals surface area contributed by atoms with E-state index in [0.29, 0.717) is 40.7 Å². The lowest BCUT2D eigenvalue weighted by Gasteiger charge is -2.13. The van der Waals surface area contributed by atoms with Crippen molar-refractivity contribution in [3.05, 3.63) is 46.2 Å². The van der Waals surface area contributed by atoms with Crippen molar-refractivity contribution in [1.29, 1.82) is 0 Å². The summed E-state index contributed by atoms with van der Waals surface area (Å²) in [5.41, 5.74) is 0.366. The molecule has 1 aromatic heterocycles. The number of nitrogens with zero attached hydrogens (tertiary/aromatic N) is 2. The second kappa shape index (κ2) is 6.14. The molecule has 1 aromatic carbocycles. The number of allylic oxidation sites excluding steroid dienone is 1. The predicted molar refractivity (Wildman–Crippen MR) is 86.4 cm³/mol. The largest absolute Gasteiger partial charge is 0.465 e. The summed E-state index contributed by atoms with van der Waals surface area (Å²) in [5, 5.41) is 1.10. The second-order valence-corrected chi connectivity index (χ2v) is 6.43. The van der Waals surface area contributed by atoms with Gasteiger partial charge in [-0.1, -0.05) is 29.4 Å². The van der Waals surface area contributed by atoms with Crippen LogP contribution in [0.2, 0.25) is 5.02 Å². The first-order valence-corrected chi connectivity index (χ1v) is 8.00. The molecule has 2 aromatic rings. The van der Waals surface area contributed by atoms with Gasteiger partial charge in [-0.2, -0.15) is 0 Å². The molecule has 7 heteroatoms. The average Bonchev–Trinajstić information content (AvgIpc) is 2.89. The first kappa shape index (κ1) is 15.1. The standard InChI is InChI=1S/C15H13ClN2O3S/c1-2-6-18-13(19)10-8-9(16)3-4-11(10)17-15(18)22-12-5-7-21-14(12)20/h2-4,8,12H,1,5-7H2/t12-/m1/s1. The number of hydrogen-bond donors (Lipinski definition) is 0. The molecule has 1 aliphatic heterocycles. The Balaban J connectivity index is 2.13. The number of esters is 1. The van der Waals surface area contributed by atoms with Crippen molar-refractivity contribution >= 4 is 40.2 Å². The number of carbonyl (C=O) groups is 1. The third-order valence-electron chi connectivity index (χ3n) is 3.33. The number of halogens is 1. The van der Waals surface area contributed by atoms with Gasteiger partial charge in [-0.05, 0) is 18.2 Å². The van der Waals surface area contributed by atoms with E-state index in [0.717, 1.165) is 0 Å². The number of thioether (sulfide) groups is 1. The molecule has 1 saturated heterocycles. The van der Waals surface area contributed by atoms with Gasteiger partial charge in [0, 0.05) is 18.0 Å². The third kappa shape index (κ3) is 2.76. The topological polar surface area (TPSA) is 61.2 Å². The maximum Gasteiger partial charge on any atom is 0.319 e. The van der Waals surface area contributed by atoms with Gasteiger partial charge in [0.05, 0.1) is 17.5 Å². The van der Waals surface area contributed by atoms with Gasteiger partial charge in [-0.25, -0.2) is 4.98 Å². The van der Waals surface area contributed by atoms with Gasteiger partial charge in [-0.3, -0.25) is 14.2 Å². The third-order valence-corrected chi connectivity index (χ3v) is 4.80. The summed E-state index contributed by atoms with van der Waals surface area (Å²) in [4.78, 5) is 28.8. The number of ether oxygens (including phenoxy) is 1. The van der Waals surface area contributed by atoms with Crippen molar-refractivity contribution in [1.82, 2.24) is 9.55 Å². The van der Waals surface area contributed by atoms with Gasteiger partial charge in [0.1, 0.15) is 5.25 Å². The zero-order chi connectivity index (χ0) is 15.7. The van der Waals surface area contributed by atoms with Crippen LogP contribution in [0.3, 0.4) is 0 Å². The number of cyclic esters (lactones) is 1. The molecule has 3 rings (SSSR count). The van der Waals surface area contributed by atoms with Crippen molar-refractivity contribution in [2.45, 2.75) is 23.4 Å². The number of fused-ring (bicyclic) bond motifs is 1. The first-order valence-electron chi connectivity index (χ1n) is 6.74. The molecule has 22 heavy (non-hydrogen) atoms. The molecule has 0 saturated carbocycles. The maximum absolute atomic E-state index is 12.6. The van der Waals surface area contributed by atoms with Gasteiger partial charge >= 0.3 is 5.97 Å². The molecule has 0 N–H and O–H groups in total. The number of hydrogen-bond acceptors (Lipinski definition) is 5. The van der Waals surface area contributed by atoms with E-state index in [9.17, 15) is 9.59 Å². The van der Waals surface area contributed by atoms with Crippen LogP contribution >= 0.6 is 23.4 Å². The Labute approximate surface area is 135 Å². The lowest BCUT2D eigenvalue weighted by Crippen LogP contribution is -2.24. The Bertz CT molecular complexity index is 818. The molecule has 0 bridgehead atoms. The van der Waals surface area contributed by atoms with E-state index < -0.39 is 0 Å². The van der Waals surface area contributed by atoms with Crippen LogP contribution in [0.15, 0.2) is 40.8 Å². The highest BCUT2D eigenvalue weighted by atomic mass is 35.5. The SMILES string of the molecule is C=CCn1c(S[C@@H]2CCOC2=O)nc2ccc(Cl)cc2c1=O. The van der Waals surface area contributed by atoms with E-state index in [1.807, 2.05) is 0 Å². The molecular formula is C15H13ClN2O3S. The highest BCUT2D eigenvalue weighted by molar-refractivity contribution is 8.00. The fourth-order valence-electron chi connectivity index (χ4n) is 2.26. The molecular weight excluding hydrogens is 324 g/mol. The van der Waals surface area contributed by atoms with Crippen LogP contribution in [-0.2, 0) is 16.1 Å². The first-order chi connectivity index (χ1) is 10.6. The molecule has 0 radical (unpaired) electrons. The number of benzene rings is 1. The Morgan fingerprint density at radius 2 is 2.32 bits per heavy atom. The quantitative estimate of drug-likeness (QED) is 0.488.